The van der Waals surface area contributed by atoms with Crippen LogP contribution in [-0.4, -0.2) is 56.0 Å². The third kappa shape index (κ3) is 5.77. The van der Waals surface area contributed by atoms with E-state index in [1.165, 1.54) is 24.3 Å². The van der Waals surface area contributed by atoms with E-state index < -0.39 is 0 Å². The van der Waals surface area contributed by atoms with Gasteiger partial charge in [0.1, 0.15) is 17.6 Å². The van der Waals surface area contributed by atoms with Crippen LogP contribution >= 0.6 is 0 Å². The number of para-hydroxylation sites is 1. The second-order valence-electron chi connectivity index (χ2n) is 6.76. The maximum atomic E-state index is 12.9. The Morgan fingerprint density at radius 2 is 1.83 bits per heavy atom. The Hall–Kier alpha value is -3.44. The van der Waals surface area contributed by atoms with E-state index in [9.17, 15) is 14.0 Å². The first-order valence-electron chi connectivity index (χ1n) is 9.34. The number of carbonyl (C=O) groups is 2. The largest absolute Gasteiger partial charge is 0.482 e. The standard InChI is InChI=1S/C21H21FN4O3/c22-17-5-7-18(8-6-17)24-20(27)14-25-9-11-26(12-10-25)21(28)15-29-19-4-2-1-3-16(19)13-23/h1-8H,9-12,14-15H2,(H,24,27)/p+1. The molecular weight excluding hydrogens is 375 g/mol. The van der Waals surface area contributed by atoms with Crippen LogP contribution < -0.4 is 15.0 Å². The average Bonchev–Trinajstić information content (AvgIpc) is 2.74. The number of amides is 2. The van der Waals surface area contributed by atoms with Crippen molar-refractivity contribution in [1.82, 2.24) is 4.90 Å². The van der Waals surface area contributed by atoms with Gasteiger partial charge in [-0.15, -0.1) is 0 Å². The van der Waals surface area contributed by atoms with Crippen molar-refractivity contribution in [3.8, 4) is 11.8 Å². The molecule has 0 bridgehead atoms. The molecule has 0 saturated carbocycles. The highest BCUT2D eigenvalue weighted by atomic mass is 19.1. The first-order chi connectivity index (χ1) is 14.0. The van der Waals surface area contributed by atoms with Crippen molar-refractivity contribution >= 4 is 17.5 Å². The van der Waals surface area contributed by atoms with Crippen LogP contribution in [0.1, 0.15) is 5.56 Å². The molecule has 0 atom stereocenters. The quantitative estimate of drug-likeness (QED) is 0.741. The fourth-order valence-electron chi connectivity index (χ4n) is 3.13. The molecule has 2 aromatic rings. The maximum absolute atomic E-state index is 12.9. The number of halogens is 1. The molecule has 0 unspecified atom stereocenters. The molecule has 2 aromatic carbocycles. The van der Waals surface area contributed by atoms with Crippen molar-refractivity contribution < 1.29 is 23.6 Å². The zero-order valence-electron chi connectivity index (χ0n) is 15.9. The van der Waals surface area contributed by atoms with E-state index >= 15 is 0 Å². The number of quaternary nitrogens is 1. The zero-order valence-corrected chi connectivity index (χ0v) is 15.9. The van der Waals surface area contributed by atoms with Gasteiger partial charge in [0.05, 0.1) is 31.7 Å². The molecule has 1 heterocycles. The van der Waals surface area contributed by atoms with Crippen LogP contribution in [0.3, 0.4) is 0 Å². The zero-order chi connectivity index (χ0) is 20.6. The van der Waals surface area contributed by atoms with E-state index in [1.807, 2.05) is 6.07 Å². The fourth-order valence-corrected chi connectivity index (χ4v) is 3.13. The SMILES string of the molecule is N#Cc1ccccc1OCC(=O)N1CC[NH+](CC(=O)Nc2ccc(F)cc2)CC1. The Morgan fingerprint density at radius 3 is 2.52 bits per heavy atom. The summed E-state index contributed by atoms with van der Waals surface area (Å²) in [6.45, 7) is 2.52. The summed E-state index contributed by atoms with van der Waals surface area (Å²) in [7, 11) is 0. The second kappa shape index (κ2) is 9.66. The Balaban J connectivity index is 1.41. The van der Waals surface area contributed by atoms with Crippen LogP contribution in [0.4, 0.5) is 10.1 Å². The molecule has 1 fully saturated rings. The fraction of sp³-hybridized carbons (Fsp3) is 0.286. The molecule has 8 heteroatoms. The number of benzene rings is 2. The molecular formula is C21H22FN4O3+. The molecule has 1 saturated heterocycles. The number of anilines is 1. The van der Waals surface area contributed by atoms with Gasteiger partial charge in [0.15, 0.2) is 13.2 Å². The molecule has 0 aromatic heterocycles. The van der Waals surface area contributed by atoms with Crippen LogP contribution in [-0.2, 0) is 9.59 Å². The van der Waals surface area contributed by atoms with Gasteiger partial charge in [0, 0.05) is 5.69 Å². The van der Waals surface area contributed by atoms with Gasteiger partial charge in [0.25, 0.3) is 11.8 Å². The number of rotatable bonds is 6. The average molecular weight is 397 g/mol. The molecule has 7 nitrogen and oxygen atoms in total. The first kappa shape index (κ1) is 20.3. The smallest absolute Gasteiger partial charge is 0.279 e. The highest BCUT2D eigenvalue weighted by Crippen LogP contribution is 2.16. The monoisotopic (exact) mass is 397 g/mol. The number of piperazine rings is 1. The first-order valence-corrected chi connectivity index (χ1v) is 9.34. The Bertz CT molecular complexity index is 903. The van der Waals surface area contributed by atoms with E-state index in [0.29, 0.717) is 43.2 Å². The number of nitrogens with one attached hydrogen (secondary N) is 2. The van der Waals surface area contributed by atoms with Crippen molar-refractivity contribution in [2.45, 2.75) is 0 Å². The molecule has 29 heavy (non-hydrogen) atoms. The van der Waals surface area contributed by atoms with Gasteiger partial charge >= 0.3 is 0 Å². The minimum absolute atomic E-state index is 0.126. The summed E-state index contributed by atoms with van der Waals surface area (Å²) in [6.07, 6.45) is 0. The molecule has 0 aliphatic carbocycles. The van der Waals surface area contributed by atoms with Gasteiger partial charge in [-0.2, -0.15) is 5.26 Å². The minimum atomic E-state index is -0.352. The summed E-state index contributed by atoms with van der Waals surface area (Å²) < 4.78 is 18.4. The van der Waals surface area contributed by atoms with Crippen molar-refractivity contribution in [1.29, 1.82) is 5.26 Å². The second-order valence-corrected chi connectivity index (χ2v) is 6.76. The molecule has 2 amide bonds. The predicted octanol–water partition coefficient (Wildman–Crippen LogP) is 0.442. The number of hydrogen-bond acceptors (Lipinski definition) is 4. The van der Waals surface area contributed by atoms with Crippen LogP contribution in [0.5, 0.6) is 5.75 Å². The van der Waals surface area contributed by atoms with Crippen LogP contribution in [0.2, 0.25) is 0 Å². The van der Waals surface area contributed by atoms with Gasteiger partial charge in [-0.1, -0.05) is 12.1 Å². The summed E-state index contributed by atoms with van der Waals surface area (Å²) in [5.41, 5.74) is 0.946. The van der Waals surface area contributed by atoms with E-state index in [0.717, 1.165) is 4.90 Å². The normalized spacial score (nSPS) is 14.1. The number of carbonyl (C=O) groups excluding carboxylic acids is 2. The number of hydrogen-bond donors (Lipinski definition) is 2. The highest BCUT2D eigenvalue weighted by Gasteiger charge is 2.25. The van der Waals surface area contributed by atoms with Gasteiger partial charge in [0.2, 0.25) is 0 Å². The molecule has 1 aliphatic heterocycles. The summed E-state index contributed by atoms with van der Waals surface area (Å²) in [5, 5.41) is 11.8. The van der Waals surface area contributed by atoms with Crippen molar-refractivity contribution in [2.75, 3.05) is 44.6 Å². The van der Waals surface area contributed by atoms with Crippen molar-refractivity contribution in [3.63, 3.8) is 0 Å². The topological polar surface area (TPSA) is 86.9 Å². The third-order valence-electron chi connectivity index (χ3n) is 4.72. The molecule has 0 radical (unpaired) electrons. The maximum Gasteiger partial charge on any atom is 0.279 e. The number of ether oxygens (including phenoxy) is 1. The molecule has 3 rings (SSSR count). The van der Waals surface area contributed by atoms with Gasteiger partial charge in [-0.3, -0.25) is 9.59 Å². The summed E-state index contributed by atoms with van der Waals surface area (Å²) in [6, 6.07) is 14.4. The third-order valence-corrected chi connectivity index (χ3v) is 4.72. The summed E-state index contributed by atoms with van der Waals surface area (Å²) >= 11 is 0. The minimum Gasteiger partial charge on any atom is -0.482 e. The summed E-state index contributed by atoms with van der Waals surface area (Å²) in [5.74, 6) is -0.255. The van der Waals surface area contributed by atoms with E-state index in [1.54, 1.807) is 29.2 Å². The molecule has 150 valence electrons. The van der Waals surface area contributed by atoms with Gasteiger partial charge < -0.3 is 19.9 Å². The molecule has 1 aliphatic rings. The van der Waals surface area contributed by atoms with Gasteiger partial charge in [-0.05, 0) is 36.4 Å². The van der Waals surface area contributed by atoms with Crippen LogP contribution in [0, 0.1) is 17.1 Å². The highest BCUT2D eigenvalue weighted by molar-refractivity contribution is 5.91. The summed E-state index contributed by atoms with van der Waals surface area (Å²) in [4.78, 5) is 27.3. The van der Waals surface area contributed by atoms with Crippen molar-refractivity contribution in [3.05, 3.63) is 59.9 Å². The van der Waals surface area contributed by atoms with E-state index in [4.69, 9.17) is 10.00 Å². The van der Waals surface area contributed by atoms with Crippen LogP contribution in [0.15, 0.2) is 48.5 Å². The number of nitriles is 1. The molecule has 0 spiro atoms. The van der Waals surface area contributed by atoms with E-state index in [-0.39, 0.29) is 30.8 Å². The van der Waals surface area contributed by atoms with Crippen molar-refractivity contribution in [2.24, 2.45) is 0 Å². The molecule has 2 N–H and O–H groups in total. The van der Waals surface area contributed by atoms with Crippen LogP contribution in [0.25, 0.3) is 0 Å². The predicted molar refractivity (Wildman–Crippen MR) is 104 cm³/mol. The lowest BCUT2D eigenvalue weighted by Crippen LogP contribution is -3.15. The Kier molecular flexibility index (Phi) is 6.76. The lowest BCUT2D eigenvalue weighted by Gasteiger charge is -2.31. The van der Waals surface area contributed by atoms with Gasteiger partial charge in [-0.25, -0.2) is 4.39 Å². The van der Waals surface area contributed by atoms with E-state index in [2.05, 4.69) is 5.32 Å². The lowest BCUT2D eigenvalue weighted by molar-refractivity contribution is -0.895. The lowest BCUT2D eigenvalue weighted by atomic mass is 10.2. The Labute approximate surface area is 168 Å². The Morgan fingerprint density at radius 1 is 1.14 bits per heavy atom. The number of nitrogens with zero attached hydrogens (tertiary/aromatic N) is 2.